The van der Waals surface area contributed by atoms with Crippen LogP contribution in [0.3, 0.4) is 0 Å². The van der Waals surface area contributed by atoms with Crippen molar-refractivity contribution in [2.24, 2.45) is 5.92 Å². The number of carbonyl (C=O) groups excluding carboxylic acids is 1. The Morgan fingerprint density at radius 1 is 1.30 bits per heavy atom. The fourth-order valence-corrected chi connectivity index (χ4v) is 2.84. The zero-order valence-corrected chi connectivity index (χ0v) is 12.1. The van der Waals surface area contributed by atoms with Gasteiger partial charge in [-0.25, -0.2) is 0 Å². The molecule has 1 aromatic rings. The first-order valence-corrected chi connectivity index (χ1v) is 7.70. The molecular weight excluding hydrogens is 250 g/mol. The Labute approximate surface area is 120 Å². The lowest BCUT2D eigenvalue weighted by atomic mass is 10.0. The Bertz CT molecular complexity index is 455. The quantitative estimate of drug-likeness (QED) is 0.844. The van der Waals surface area contributed by atoms with E-state index in [9.17, 15) is 4.79 Å². The predicted molar refractivity (Wildman–Crippen MR) is 78.4 cm³/mol. The zero-order valence-electron chi connectivity index (χ0n) is 12.1. The van der Waals surface area contributed by atoms with Crippen LogP contribution in [0.15, 0.2) is 30.3 Å². The molecule has 108 valence electrons. The monoisotopic (exact) mass is 273 g/mol. The van der Waals surface area contributed by atoms with E-state index in [0.717, 1.165) is 32.2 Å². The van der Waals surface area contributed by atoms with Crippen molar-refractivity contribution in [3.05, 3.63) is 35.9 Å². The first-order valence-electron chi connectivity index (χ1n) is 7.70. The van der Waals surface area contributed by atoms with Crippen LogP contribution in [0.1, 0.15) is 31.7 Å². The minimum absolute atomic E-state index is 0.189. The van der Waals surface area contributed by atoms with E-state index < -0.39 is 0 Å². The number of nitrogens with zero attached hydrogens (tertiary/aromatic N) is 1. The van der Waals surface area contributed by atoms with Crippen LogP contribution < -0.4 is 0 Å². The lowest BCUT2D eigenvalue weighted by Gasteiger charge is -2.38. The highest BCUT2D eigenvalue weighted by Crippen LogP contribution is 2.32. The minimum atomic E-state index is 0.189. The third-order valence-corrected chi connectivity index (χ3v) is 4.31. The van der Waals surface area contributed by atoms with Gasteiger partial charge in [0.1, 0.15) is 0 Å². The SMILES string of the molecule is CC1COC(CCc2ccccc2)CN1C(=O)C1CC1. The van der Waals surface area contributed by atoms with Gasteiger partial charge in [0.05, 0.1) is 18.8 Å². The fraction of sp³-hybridized carbons (Fsp3) is 0.588. The molecule has 0 N–H and O–H groups in total. The molecule has 3 nitrogen and oxygen atoms in total. The highest BCUT2D eigenvalue weighted by molar-refractivity contribution is 5.81. The summed E-state index contributed by atoms with van der Waals surface area (Å²) in [5, 5.41) is 0. The summed E-state index contributed by atoms with van der Waals surface area (Å²) in [5.41, 5.74) is 1.34. The van der Waals surface area contributed by atoms with Crippen molar-refractivity contribution in [3.8, 4) is 0 Å². The molecule has 1 saturated carbocycles. The van der Waals surface area contributed by atoms with E-state index in [-0.39, 0.29) is 12.1 Å². The molecule has 1 heterocycles. The lowest BCUT2D eigenvalue weighted by Crippen LogP contribution is -2.51. The molecule has 0 aromatic heterocycles. The van der Waals surface area contributed by atoms with Gasteiger partial charge in [-0.2, -0.15) is 0 Å². The van der Waals surface area contributed by atoms with E-state index in [2.05, 4.69) is 36.1 Å². The summed E-state index contributed by atoms with van der Waals surface area (Å²) < 4.78 is 5.90. The van der Waals surface area contributed by atoms with Crippen molar-refractivity contribution >= 4 is 5.91 Å². The van der Waals surface area contributed by atoms with Gasteiger partial charge in [-0.05, 0) is 38.2 Å². The molecule has 2 aliphatic rings. The van der Waals surface area contributed by atoms with Gasteiger partial charge in [0, 0.05) is 12.5 Å². The van der Waals surface area contributed by atoms with Crippen molar-refractivity contribution in [1.29, 1.82) is 0 Å². The second-order valence-electron chi connectivity index (χ2n) is 6.09. The zero-order chi connectivity index (χ0) is 13.9. The summed E-state index contributed by atoms with van der Waals surface area (Å²) in [5.74, 6) is 0.663. The van der Waals surface area contributed by atoms with Gasteiger partial charge in [0.2, 0.25) is 5.91 Å². The summed E-state index contributed by atoms with van der Waals surface area (Å²) in [7, 11) is 0. The van der Waals surface area contributed by atoms with Crippen molar-refractivity contribution < 1.29 is 9.53 Å². The van der Waals surface area contributed by atoms with Gasteiger partial charge >= 0.3 is 0 Å². The Balaban J connectivity index is 1.54. The maximum absolute atomic E-state index is 12.3. The van der Waals surface area contributed by atoms with Crippen molar-refractivity contribution in [1.82, 2.24) is 4.90 Å². The van der Waals surface area contributed by atoms with Crippen LogP contribution in [0.4, 0.5) is 0 Å². The van der Waals surface area contributed by atoms with E-state index in [0.29, 0.717) is 18.4 Å². The highest BCUT2D eigenvalue weighted by atomic mass is 16.5. The summed E-state index contributed by atoms with van der Waals surface area (Å²) in [6.07, 6.45) is 4.36. The molecule has 2 unspecified atom stereocenters. The van der Waals surface area contributed by atoms with Gasteiger partial charge in [-0.15, -0.1) is 0 Å². The normalized spacial score (nSPS) is 26.6. The van der Waals surface area contributed by atoms with Crippen molar-refractivity contribution in [2.45, 2.75) is 44.8 Å². The molecule has 0 radical (unpaired) electrons. The first kappa shape index (κ1) is 13.6. The summed E-state index contributed by atoms with van der Waals surface area (Å²) >= 11 is 0. The minimum Gasteiger partial charge on any atom is -0.374 e. The number of ether oxygens (including phenoxy) is 1. The Morgan fingerprint density at radius 2 is 2.05 bits per heavy atom. The second-order valence-corrected chi connectivity index (χ2v) is 6.09. The topological polar surface area (TPSA) is 29.5 Å². The number of hydrogen-bond acceptors (Lipinski definition) is 2. The molecule has 3 rings (SSSR count). The van der Waals surface area contributed by atoms with Gasteiger partial charge in [-0.3, -0.25) is 4.79 Å². The molecule has 1 aromatic carbocycles. The number of carbonyl (C=O) groups is 1. The molecule has 0 spiro atoms. The Morgan fingerprint density at radius 3 is 2.75 bits per heavy atom. The van der Waals surface area contributed by atoms with Crippen LogP contribution in [-0.2, 0) is 16.0 Å². The molecule has 1 aliphatic carbocycles. The fourth-order valence-electron chi connectivity index (χ4n) is 2.84. The number of amides is 1. The van der Waals surface area contributed by atoms with Crippen LogP contribution in [0.5, 0.6) is 0 Å². The maximum Gasteiger partial charge on any atom is 0.226 e. The third-order valence-electron chi connectivity index (χ3n) is 4.31. The van der Waals surface area contributed by atoms with Crippen LogP contribution in [0, 0.1) is 5.92 Å². The van der Waals surface area contributed by atoms with Crippen LogP contribution in [0.25, 0.3) is 0 Å². The standard InChI is InChI=1S/C17H23NO2/c1-13-12-20-16(10-7-14-5-3-2-4-6-14)11-18(13)17(19)15-8-9-15/h2-6,13,15-16H,7-12H2,1H3. The molecule has 1 saturated heterocycles. The number of benzene rings is 1. The number of morpholine rings is 1. The summed E-state index contributed by atoms with van der Waals surface area (Å²) in [6, 6.07) is 10.7. The van der Waals surface area contributed by atoms with Crippen LogP contribution in [0.2, 0.25) is 0 Å². The average molecular weight is 273 g/mol. The Hall–Kier alpha value is -1.35. The van der Waals surface area contributed by atoms with E-state index in [4.69, 9.17) is 4.74 Å². The van der Waals surface area contributed by atoms with Gasteiger partial charge in [-0.1, -0.05) is 30.3 Å². The van der Waals surface area contributed by atoms with E-state index in [1.54, 1.807) is 0 Å². The molecular formula is C17H23NO2. The Kier molecular flexibility index (Phi) is 4.06. The predicted octanol–water partition coefficient (Wildman–Crippen LogP) is 2.65. The van der Waals surface area contributed by atoms with E-state index >= 15 is 0 Å². The number of rotatable bonds is 4. The average Bonchev–Trinajstić information content (AvgIpc) is 3.31. The maximum atomic E-state index is 12.3. The number of hydrogen-bond donors (Lipinski definition) is 0. The molecule has 20 heavy (non-hydrogen) atoms. The second kappa shape index (κ2) is 5.96. The van der Waals surface area contributed by atoms with Crippen molar-refractivity contribution in [3.63, 3.8) is 0 Å². The number of aryl methyl sites for hydroxylation is 1. The molecule has 2 atom stereocenters. The van der Waals surface area contributed by atoms with Gasteiger partial charge in [0.15, 0.2) is 0 Å². The van der Waals surface area contributed by atoms with Gasteiger partial charge in [0.25, 0.3) is 0 Å². The first-order chi connectivity index (χ1) is 9.74. The van der Waals surface area contributed by atoms with E-state index in [1.807, 2.05) is 6.07 Å². The van der Waals surface area contributed by atoms with Crippen LogP contribution in [-0.4, -0.2) is 36.1 Å². The third kappa shape index (κ3) is 3.21. The molecule has 1 aliphatic heterocycles. The van der Waals surface area contributed by atoms with E-state index in [1.165, 1.54) is 5.56 Å². The smallest absolute Gasteiger partial charge is 0.226 e. The van der Waals surface area contributed by atoms with Crippen LogP contribution >= 0.6 is 0 Å². The molecule has 3 heteroatoms. The molecule has 1 amide bonds. The summed E-state index contributed by atoms with van der Waals surface area (Å²) in [6.45, 7) is 3.54. The highest BCUT2D eigenvalue weighted by Gasteiger charge is 2.38. The van der Waals surface area contributed by atoms with Crippen molar-refractivity contribution in [2.75, 3.05) is 13.2 Å². The summed E-state index contributed by atoms with van der Waals surface area (Å²) in [4.78, 5) is 14.3. The molecule has 0 bridgehead atoms. The molecule has 2 fully saturated rings. The largest absolute Gasteiger partial charge is 0.374 e. The lowest BCUT2D eigenvalue weighted by molar-refractivity contribution is -0.145. The van der Waals surface area contributed by atoms with Gasteiger partial charge < -0.3 is 9.64 Å².